The third-order valence-corrected chi connectivity index (χ3v) is 8.22. The van der Waals surface area contributed by atoms with Gasteiger partial charge in [-0.15, -0.1) is 0 Å². The highest BCUT2D eigenvalue weighted by molar-refractivity contribution is 6.07. The van der Waals surface area contributed by atoms with Crippen LogP contribution in [0.15, 0.2) is 53.5 Å². The average Bonchev–Trinajstić information content (AvgIpc) is 2.97. The Morgan fingerprint density at radius 1 is 1.02 bits per heavy atom. The molecule has 0 atom stereocenters. The number of amides is 1. The molecule has 1 saturated heterocycles. The number of pyridine rings is 1. The molecule has 2 aromatic carbocycles. The van der Waals surface area contributed by atoms with Crippen LogP contribution in [0.4, 0.5) is 37.7 Å². The van der Waals surface area contributed by atoms with Crippen LogP contribution in [0.3, 0.4) is 0 Å². The molecular formula is C31H33F6N5O2. The summed E-state index contributed by atoms with van der Waals surface area (Å²) >= 11 is 0. The first-order valence-corrected chi connectivity index (χ1v) is 14.4. The summed E-state index contributed by atoms with van der Waals surface area (Å²) in [5.74, 6) is -4.27. The van der Waals surface area contributed by atoms with Crippen molar-refractivity contribution in [3.05, 3.63) is 81.5 Å². The van der Waals surface area contributed by atoms with E-state index in [4.69, 9.17) is 0 Å². The summed E-state index contributed by atoms with van der Waals surface area (Å²) in [4.78, 5) is 31.1. The summed E-state index contributed by atoms with van der Waals surface area (Å²) in [6.07, 6.45) is -3.91. The Hall–Kier alpha value is -3.84. The number of aromatic nitrogens is 1. The minimum absolute atomic E-state index is 0.0812. The van der Waals surface area contributed by atoms with Crippen LogP contribution < -0.4 is 21.1 Å². The zero-order chi connectivity index (χ0) is 31.6. The predicted molar refractivity (Wildman–Crippen MR) is 156 cm³/mol. The van der Waals surface area contributed by atoms with E-state index < -0.39 is 40.5 Å². The third-order valence-electron chi connectivity index (χ3n) is 8.22. The van der Waals surface area contributed by atoms with Crippen LogP contribution in [0.5, 0.6) is 0 Å². The molecule has 1 saturated carbocycles. The summed E-state index contributed by atoms with van der Waals surface area (Å²) in [5.41, 5.74) is -1.08. The maximum Gasteiger partial charge on any atom is 0.417 e. The minimum Gasteiger partial charge on any atom is -0.367 e. The van der Waals surface area contributed by atoms with E-state index in [1.165, 1.54) is 12.1 Å². The van der Waals surface area contributed by atoms with Gasteiger partial charge in [0.15, 0.2) is 0 Å². The van der Waals surface area contributed by atoms with E-state index in [-0.39, 0.29) is 30.1 Å². The molecule has 7 nitrogen and oxygen atoms in total. The number of halogens is 6. The Balaban J connectivity index is 1.45. The van der Waals surface area contributed by atoms with E-state index in [2.05, 4.69) is 20.5 Å². The molecule has 5 rings (SSSR count). The maximum absolute atomic E-state index is 15.1. The van der Waals surface area contributed by atoms with Crippen LogP contribution in [-0.4, -0.2) is 61.0 Å². The van der Waals surface area contributed by atoms with Crippen LogP contribution in [-0.2, 0) is 12.7 Å². The number of nitrogens with one attached hydrogen (secondary N) is 3. The second-order valence-corrected chi connectivity index (χ2v) is 11.4. The van der Waals surface area contributed by atoms with Gasteiger partial charge in [0, 0.05) is 69.4 Å². The molecule has 3 aromatic rings. The number of carbonyl (C=O) groups excluding carboxylic acids is 1. The highest BCUT2D eigenvalue weighted by atomic mass is 19.4. The zero-order valence-corrected chi connectivity index (χ0v) is 24.0. The number of carbonyl (C=O) groups is 1. The topological polar surface area (TPSA) is 80.5 Å². The van der Waals surface area contributed by atoms with Crippen LogP contribution in [0.1, 0.15) is 47.2 Å². The smallest absolute Gasteiger partial charge is 0.367 e. The number of likely N-dealkylation sites (N-methyl/N-ethyl adjacent to an activating group) is 1. The summed E-state index contributed by atoms with van der Waals surface area (Å²) in [7, 11) is 1.96. The van der Waals surface area contributed by atoms with Crippen molar-refractivity contribution in [3.8, 4) is 11.1 Å². The summed E-state index contributed by atoms with van der Waals surface area (Å²) < 4.78 is 83.3. The summed E-state index contributed by atoms with van der Waals surface area (Å²) in [5, 5.41) is 5.84. The molecular weight excluding hydrogens is 588 g/mol. The van der Waals surface area contributed by atoms with E-state index in [1.807, 2.05) is 11.9 Å². The maximum atomic E-state index is 15.1. The number of nitrogens with zero attached hydrogens (tertiary/aromatic N) is 2. The monoisotopic (exact) mass is 621 g/mol. The second-order valence-electron chi connectivity index (χ2n) is 11.4. The van der Waals surface area contributed by atoms with Crippen molar-refractivity contribution in [2.24, 2.45) is 0 Å². The first kappa shape index (κ1) is 31.6. The lowest BCUT2D eigenvalue weighted by Crippen LogP contribution is -2.44. The molecule has 2 fully saturated rings. The van der Waals surface area contributed by atoms with Crippen molar-refractivity contribution < 1.29 is 31.1 Å². The number of hydrogen-bond acceptors (Lipinski definition) is 5. The fourth-order valence-electron chi connectivity index (χ4n) is 5.62. The lowest BCUT2D eigenvalue weighted by atomic mass is 9.92. The highest BCUT2D eigenvalue weighted by Gasteiger charge is 2.36. The molecule has 236 valence electrons. The number of piperazine rings is 1. The van der Waals surface area contributed by atoms with Gasteiger partial charge in [-0.3, -0.25) is 9.59 Å². The van der Waals surface area contributed by atoms with Gasteiger partial charge < -0.3 is 25.4 Å². The molecule has 0 radical (unpaired) electrons. The predicted octanol–water partition coefficient (Wildman–Crippen LogP) is 5.87. The van der Waals surface area contributed by atoms with Crippen LogP contribution in [0, 0.1) is 5.82 Å². The van der Waals surface area contributed by atoms with Gasteiger partial charge in [0.2, 0.25) is 11.5 Å². The molecule has 1 aliphatic carbocycles. The number of rotatable bonds is 7. The van der Waals surface area contributed by atoms with Gasteiger partial charge >= 0.3 is 6.18 Å². The number of H-pyrrole nitrogens is 1. The lowest BCUT2D eigenvalue weighted by Gasteiger charge is -2.35. The van der Waals surface area contributed by atoms with Crippen molar-refractivity contribution in [2.45, 2.75) is 50.4 Å². The normalized spacial score (nSPS) is 17.9. The van der Waals surface area contributed by atoms with Crippen LogP contribution in [0.25, 0.3) is 11.1 Å². The molecule has 44 heavy (non-hydrogen) atoms. The van der Waals surface area contributed by atoms with Gasteiger partial charge in [0.05, 0.1) is 22.5 Å². The molecule has 0 bridgehead atoms. The third kappa shape index (κ3) is 7.44. The standard InChI is InChI=1S/C31H33F6N5O2/c1-41-10-12-42(13-11-41)27-5-3-20(15-26(27)40-29(44)23-18-39-28(43)16-24(23)31(35,36)37)22-14-19(2-4-25(22)32)17-38-21-6-8-30(33,34)9-7-21/h2-5,14-16,18,21,38H,6-13,17H2,1H3,(H,39,43)(H,40,44). The van der Waals surface area contributed by atoms with Crippen molar-refractivity contribution in [1.29, 1.82) is 0 Å². The summed E-state index contributed by atoms with van der Waals surface area (Å²) in [6, 6.07) is 9.67. The molecule has 1 amide bonds. The number of benzene rings is 2. The first-order chi connectivity index (χ1) is 20.8. The van der Waals surface area contributed by atoms with Crippen molar-refractivity contribution in [1.82, 2.24) is 15.2 Å². The van der Waals surface area contributed by atoms with Gasteiger partial charge in [0.1, 0.15) is 5.82 Å². The van der Waals surface area contributed by atoms with Crippen LogP contribution >= 0.6 is 0 Å². The van der Waals surface area contributed by atoms with Gasteiger partial charge in [-0.05, 0) is 55.3 Å². The van der Waals surface area contributed by atoms with E-state index >= 15 is 4.39 Å². The molecule has 1 aliphatic heterocycles. The molecule has 0 unspecified atom stereocenters. The molecule has 13 heteroatoms. The van der Waals surface area contributed by atoms with E-state index in [1.54, 1.807) is 24.3 Å². The Bertz CT molecular complexity index is 1560. The second kappa shape index (κ2) is 12.6. The van der Waals surface area contributed by atoms with Crippen molar-refractivity contribution >= 4 is 17.3 Å². The lowest BCUT2D eigenvalue weighted by molar-refractivity contribution is -0.138. The quantitative estimate of drug-likeness (QED) is 0.288. The number of alkyl halides is 5. The minimum atomic E-state index is -4.95. The van der Waals surface area contributed by atoms with E-state index in [0.29, 0.717) is 49.8 Å². The largest absolute Gasteiger partial charge is 0.417 e. The van der Waals surface area contributed by atoms with Gasteiger partial charge in [0.25, 0.3) is 5.91 Å². The van der Waals surface area contributed by atoms with E-state index in [0.717, 1.165) is 24.8 Å². The number of anilines is 2. The Kier molecular flexibility index (Phi) is 9.07. The fourth-order valence-corrected chi connectivity index (χ4v) is 5.62. The first-order valence-electron chi connectivity index (χ1n) is 14.4. The summed E-state index contributed by atoms with van der Waals surface area (Å²) in [6.45, 7) is 2.95. The Morgan fingerprint density at radius 3 is 2.41 bits per heavy atom. The van der Waals surface area contributed by atoms with Crippen molar-refractivity contribution in [3.63, 3.8) is 0 Å². The molecule has 3 N–H and O–H groups in total. The van der Waals surface area contributed by atoms with Gasteiger partial charge in [-0.2, -0.15) is 13.2 Å². The fraction of sp³-hybridized carbons (Fsp3) is 0.419. The number of hydrogen-bond donors (Lipinski definition) is 3. The highest BCUT2D eigenvalue weighted by Crippen LogP contribution is 2.36. The van der Waals surface area contributed by atoms with Crippen LogP contribution in [0.2, 0.25) is 0 Å². The van der Waals surface area contributed by atoms with Gasteiger partial charge in [-0.1, -0.05) is 12.1 Å². The Morgan fingerprint density at radius 2 is 1.73 bits per heavy atom. The van der Waals surface area contributed by atoms with E-state index in [9.17, 15) is 31.5 Å². The molecule has 2 heterocycles. The zero-order valence-electron chi connectivity index (χ0n) is 24.0. The molecule has 2 aliphatic rings. The molecule has 1 aromatic heterocycles. The molecule has 0 spiro atoms. The average molecular weight is 622 g/mol. The SMILES string of the molecule is CN1CCN(c2ccc(-c3cc(CNC4CCC(F)(F)CC4)ccc3F)cc2NC(=O)c2c[nH]c(=O)cc2C(F)(F)F)CC1. The van der Waals surface area contributed by atoms with Crippen molar-refractivity contribution in [2.75, 3.05) is 43.4 Å². The van der Waals surface area contributed by atoms with Gasteiger partial charge in [-0.25, -0.2) is 13.2 Å². The Labute approximate surface area is 250 Å². The number of aromatic amines is 1.